The molecule has 2 heterocycles. The summed E-state index contributed by atoms with van der Waals surface area (Å²) < 4.78 is 2.09. The van der Waals surface area contributed by atoms with Crippen molar-refractivity contribution < 1.29 is 4.79 Å². The standard InChI is InChI=1S/C25H35N5O/c1-16(2)10-9-11-17(3)27-25(31)21-22-24(29-20-15-8-7-14-19(20)28-22)30(23(21)26)18-12-5-4-6-13-18/h7-8,14-18H,4-6,9-13,26H2,1-3H3,(H,27,31). The predicted molar refractivity (Wildman–Crippen MR) is 127 cm³/mol. The first-order valence-electron chi connectivity index (χ1n) is 11.8. The van der Waals surface area contributed by atoms with Crippen LogP contribution in [0.4, 0.5) is 5.82 Å². The first kappa shape index (κ1) is 21.6. The Morgan fingerprint density at radius 1 is 1.10 bits per heavy atom. The summed E-state index contributed by atoms with van der Waals surface area (Å²) in [5, 5.41) is 3.17. The van der Waals surface area contributed by atoms with Crippen LogP contribution in [0.25, 0.3) is 22.2 Å². The SMILES string of the molecule is CC(C)CCCC(C)NC(=O)c1c(N)n(C2CCCCC2)c2nc3ccccc3nc12. The fourth-order valence-electron chi connectivity index (χ4n) is 4.82. The molecule has 6 heteroatoms. The molecule has 0 radical (unpaired) electrons. The zero-order chi connectivity index (χ0) is 22.0. The number of aromatic nitrogens is 3. The number of rotatable bonds is 7. The van der Waals surface area contributed by atoms with Crippen molar-refractivity contribution in [3.05, 3.63) is 29.8 Å². The van der Waals surface area contributed by atoms with E-state index < -0.39 is 0 Å². The van der Waals surface area contributed by atoms with Crippen LogP contribution in [0, 0.1) is 5.92 Å². The largest absolute Gasteiger partial charge is 0.384 e. The Kier molecular flexibility index (Phi) is 6.44. The van der Waals surface area contributed by atoms with Crippen LogP contribution in [0.3, 0.4) is 0 Å². The van der Waals surface area contributed by atoms with E-state index in [1.165, 1.54) is 25.7 Å². The molecule has 0 saturated heterocycles. The summed E-state index contributed by atoms with van der Waals surface area (Å²) in [6.45, 7) is 6.52. The number of nitrogens with two attached hydrogens (primary N) is 1. The Bertz CT molecular complexity index is 1060. The highest BCUT2D eigenvalue weighted by Crippen LogP contribution is 2.37. The van der Waals surface area contributed by atoms with E-state index in [1.807, 2.05) is 24.3 Å². The Morgan fingerprint density at radius 3 is 2.45 bits per heavy atom. The topological polar surface area (TPSA) is 85.8 Å². The highest BCUT2D eigenvalue weighted by atomic mass is 16.1. The van der Waals surface area contributed by atoms with Gasteiger partial charge in [0.15, 0.2) is 5.65 Å². The van der Waals surface area contributed by atoms with Gasteiger partial charge in [-0.1, -0.05) is 58.1 Å². The van der Waals surface area contributed by atoms with E-state index in [9.17, 15) is 4.79 Å². The summed E-state index contributed by atoms with van der Waals surface area (Å²) in [5.41, 5.74) is 10.1. The molecule has 1 unspecified atom stereocenters. The van der Waals surface area contributed by atoms with Gasteiger partial charge in [0, 0.05) is 12.1 Å². The third kappa shape index (κ3) is 4.53. The molecule has 4 rings (SSSR count). The second kappa shape index (κ2) is 9.25. The van der Waals surface area contributed by atoms with Crippen LogP contribution in [-0.2, 0) is 0 Å². The van der Waals surface area contributed by atoms with Crippen molar-refractivity contribution in [2.24, 2.45) is 5.92 Å². The summed E-state index contributed by atoms with van der Waals surface area (Å²) in [4.78, 5) is 23.1. The Labute approximate surface area is 184 Å². The Hall–Kier alpha value is -2.63. The quantitative estimate of drug-likeness (QED) is 0.519. The lowest BCUT2D eigenvalue weighted by Crippen LogP contribution is -2.33. The van der Waals surface area contributed by atoms with Crippen LogP contribution in [0.2, 0.25) is 0 Å². The van der Waals surface area contributed by atoms with Crippen LogP contribution in [0.5, 0.6) is 0 Å². The molecular weight excluding hydrogens is 386 g/mol. The van der Waals surface area contributed by atoms with Crippen LogP contribution in [-0.4, -0.2) is 26.5 Å². The number of nitrogens with zero attached hydrogens (tertiary/aromatic N) is 3. The van der Waals surface area contributed by atoms with Gasteiger partial charge < -0.3 is 15.6 Å². The van der Waals surface area contributed by atoms with Crippen molar-refractivity contribution in [2.75, 3.05) is 5.73 Å². The van der Waals surface area contributed by atoms with E-state index in [4.69, 9.17) is 15.7 Å². The molecule has 0 spiro atoms. The number of amides is 1. The molecule has 0 aliphatic heterocycles. The lowest BCUT2D eigenvalue weighted by Gasteiger charge is -2.25. The minimum absolute atomic E-state index is 0.0900. The molecule has 31 heavy (non-hydrogen) atoms. The van der Waals surface area contributed by atoms with Gasteiger partial charge in [-0.05, 0) is 44.2 Å². The normalized spacial score (nSPS) is 16.3. The van der Waals surface area contributed by atoms with Gasteiger partial charge in [0.25, 0.3) is 5.91 Å². The molecule has 1 aliphatic rings. The van der Waals surface area contributed by atoms with Gasteiger partial charge in [0.2, 0.25) is 0 Å². The molecule has 0 bridgehead atoms. The summed E-state index contributed by atoms with van der Waals surface area (Å²) in [6, 6.07) is 8.18. The molecule has 1 fully saturated rings. The highest BCUT2D eigenvalue weighted by molar-refractivity contribution is 6.10. The second-order valence-corrected chi connectivity index (χ2v) is 9.51. The van der Waals surface area contributed by atoms with Crippen LogP contribution >= 0.6 is 0 Å². The average Bonchev–Trinajstić information content (AvgIpc) is 3.03. The van der Waals surface area contributed by atoms with Crippen molar-refractivity contribution in [1.29, 1.82) is 0 Å². The smallest absolute Gasteiger partial charge is 0.257 e. The third-order valence-corrected chi connectivity index (χ3v) is 6.50. The fourth-order valence-corrected chi connectivity index (χ4v) is 4.82. The minimum atomic E-state index is -0.140. The third-order valence-electron chi connectivity index (χ3n) is 6.50. The fraction of sp³-hybridized carbons (Fsp3) is 0.560. The van der Waals surface area contributed by atoms with Gasteiger partial charge in [-0.2, -0.15) is 0 Å². The molecule has 3 N–H and O–H groups in total. The Morgan fingerprint density at radius 2 is 1.77 bits per heavy atom. The number of fused-ring (bicyclic) bond motifs is 2. The maximum absolute atomic E-state index is 13.3. The first-order chi connectivity index (χ1) is 15.0. The van der Waals surface area contributed by atoms with Crippen LogP contribution in [0.15, 0.2) is 24.3 Å². The highest BCUT2D eigenvalue weighted by Gasteiger charge is 2.28. The molecule has 6 nitrogen and oxygen atoms in total. The summed E-state index contributed by atoms with van der Waals surface area (Å²) >= 11 is 0. The van der Waals surface area contributed by atoms with Crippen LogP contribution < -0.4 is 11.1 Å². The maximum atomic E-state index is 13.3. The summed E-state index contributed by atoms with van der Waals surface area (Å²) in [6.07, 6.45) is 8.97. The van der Waals surface area contributed by atoms with E-state index in [2.05, 4.69) is 30.7 Å². The molecule has 1 amide bonds. The minimum Gasteiger partial charge on any atom is -0.384 e. The molecule has 3 aromatic rings. The van der Waals surface area contributed by atoms with Crippen molar-refractivity contribution in [2.45, 2.75) is 84.2 Å². The zero-order valence-electron chi connectivity index (χ0n) is 19.0. The molecule has 1 atom stereocenters. The van der Waals surface area contributed by atoms with E-state index >= 15 is 0 Å². The number of benzene rings is 1. The molecule has 1 saturated carbocycles. The number of carbonyl (C=O) groups excluding carboxylic acids is 1. The van der Waals surface area contributed by atoms with Gasteiger partial charge in [0.05, 0.1) is 11.0 Å². The number of hydrogen-bond acceptors (Lipinski definition) is 4. The lowest BCUT2D eigenvalue weighted by atomic mass is 9.95. The maximum Gasteiger partial charge on any atom is 0.257 e. The summed E-state index contributed by atoms with van der Waals surface area (Å²) in [7, 11) is 0. The number of anilines is 1. The lowest BCUT2D eigenvalue weighted by molar-refractivity contribution is 0.0940. The van der Waals surface area contributed by atoms with Gasteiger partial charge in [0.1, 0.15) is 16.9 Å². The zero-order valence-corrected chi connectivity index (χ0v) is 19.0. The second-order valence-electron chi connectivity index (χ2n) is 9.51. The number of carbonyl (C=O) groups is 1. The average molecular weight is 422 g/mol. The van der Waals surface area contributed by atoms with Gasteiger partial charge in [-0.15, -0.1) is 0 Å². The first-order valence-corrected chi connectivity index (χ1v) is 11.8. The van der Waals surface area contributed by atoms with E-state index in [-0.39, 0.29) is 18.0 Å². The molecule has 2 aromatic heterocycles. The van der Waals surface area contributed by atoms with Crippen molar-refractivity contribution in [1.82, 2.24) is 19.9 Å². The Balaban J connectivity index is 1.72. The molecule has 1 aliphatic carbocycles. The molecule has 1 aromatic carbocycles. The number of para-hydroxylation sites is 2. The van der Waals surface area contributed by atoms with Gasteiger partial charge in [-0.25, -0.2) is 9.97 Å². The molecular formula is C25H35N5O. The van der Waals surface area contributed by atoms with Crippen molar-refractivity contribution in [3.8, 4) is 0 Å². The molecule has 166 valence electrons. The number of nitrogen functional groups attached to an aromatic ring is 1. The monoisotopic (exact) mass is 421 g/mol. The summed E-state index contributed by atoms with van der Waals surface area (Å²) in [5.74, 6) is 1.04. The number of nitrogens with one attached hydrogen (secondary N) is 1. The number of hydrogen-bond donors (Lipinski definition) is 2. The van der Waals surface area contributed by atoms with Gasteiger partial charge in [-0.3, -0.25) is 4.79 Å². The van der Waals surface area contributed by atoms with Crippen molar-refractivity contribution in [3.63, 3.8) is 0 Å². The van der Waals surface area contributed by atoms with Crippen molar-refractivity contribution >= 4 is 33.9 Å². The van der Waals surface area contributed by atoms with Gasteiger partial charge >= 0.3 is 0 Å². The van der Waals surface area contributed by atoms with E-state index in [0.29, 0.717) is 22.8 Å². The van der Waals surface area contributed by atoms with E-state index in [1.54, 1.807) is 0 Å². The van der Waals surface area contributed by atoms with E-state index in [0.717, 1.165) is 42.4 Å². The predicted octanol–water partition coefficient (Wildman–Crippen LogP) is 5.62. The van der Waals surface area contributed by atoms with Crippen LogP contribution in [0.1, 0.15) is 88.5 Å².